The Bertz CT molecular complexity index is 778. The van der Waals surface area contributed by atoms with Crippen molar-refractivity contribution in [3.8, 4) is 0 Å². The highest BCUT2D eigenvalue weighted by Crippen LogP contribution is 2.27. The molecule has 34 heavy (non-hydrogen) atoms. The van der Waals surface area contributed by atoms with E-state index in [2.05, 4.69) is 9.80 Å². The summed E-state index contributed by atoms with van der Waals surface area (Å²) >= 11 is 0. The lowest BCUT2D eigenvalue weighted by atomic mass is 9.95. The summed E-state index contributed by atoms with van der Waals surface area (Å²) in [6, 6.07) is -0.787. The van der Waals surface area contributed by atoms with Gasteiger partial charge in [0, 0.05) is 45.3 Å². The number of piperidine rings is 1. The van der Waals surface area contributed by atoms with Crippen molar-refractivity contribution < 1.29 is 28.6 Å². The van der Waals surface area contributed by atoms with Crippen LogP contribution in [0.25, 0.3) is 0 Å². The molecule has 3 fully saturated rings. The standard InChI is InChI=1S/C22H38N6O6/c1-22(2,3)34-21(31)27-6-5-15(11-17(27)19(23)24)28-13-16(33-20(28)30)12-25-7-9-26(10-8-25)14-18(29)32-4/h15-17H,5-14H2,1-4H3,(H3,23,24). The molecule has 3 atom stereocenters. The second-order valence-electron chi connectivity index (χ2n) is 10.1. The van der Waals surface area contributed by atoms with Gasteiger partial charge in [0.1, 0.15) is 17.5 Å². The van der Waals surface area contributed by atoms with Crippen molar-refractivity contribution in [3.63, 3.8) is 0 Å². The number of nitrogens with one attached hydrogen (secondary N) is 1. The predicted molar refractivity (Wildman–Crippen MR) is 124 cm³/mol. The van der Waals surface area contributed by atoms with Gasteiger partial charge in [-0.05, 0) is 33.6 Å². The molecule has 0 aliphatic carbocycles. The molecule has 0 aromatic carbocycles. The quantitative estimate of drug-likeness (QED) is 0.237. The Hall–Kier alpha value is -2.60. The number of rotatable bonds is 6. The van der Waals surface area contributed by atoms with Crippen molar-refractivity contribution in [1.82, 2.24) is 19.6 Å². The average molecular weight is 483 g/mol. The number of esters is 1. The van der Waals surface area contributed by atoms with Crippen LogP contribution in [0.2, 0.25) is 0 Å². The van der Waals surface area contributed by atoms with Crippen molar-refractivity contribution in [1.29, 1.82) is 5.41 Å². The minimum absolute atomic E-state index is 0.121. The molecule has 3 N–H and O–H groups in total. The largest absolute Gasteiger partial charge is 0.468 e. The van der Waals surface area contributed by atoms with Crippen LogP contribution in [0.15, 0.2) is 0 Å². The first-order valence-electron chi connectivity index (χ1n) is 11.8. The Kier molecular flexibility index (Phi) is 8.24. The average Bonchev–Trinajstić information content (AvgIpc) is 3.13. The zero-order chi connectivity index (χ0) is 25.0. The molecule has 3 unspecified atom stereocenters. The highest BCUT2D eigenvalue weighted by molar-refractivity contribution is 5.87. The van der Waals surface area contributed by atoms with Crippen LogP contribution in [0.1, 0.15) is 33.6 Å². The van der Waals surface area contributed by atoms with Crippen molar-refractivity contribution in [3.05, 3.63) is 0 Å². The van der Waals surface area contributed by atoms with Crippen LogP contribution in [0.4, 0.5) is 9.59 Å². The van der Waals surface area contributed by atoms with Crippen LogP contribution < -0.4 is 5.73 Å². The zero-order valence-electron chi connectivity index (χ0n) is 20.6. The van der Waals surface area contributed by atoms with Crippen LogP contribution in [-0.4, -0.2) is 127 Å². The maximum absolute atomic E-state index is 12.6. The van der Waals surface area contributed by atoms with Crippen molar-refractivity contribution in [2.75, 3.05) is 59.5 Å². The first kappa shape index (κ1) is 26.0. The van der Waals surface area contributed by atoms with Gasteiger partial charge in [0.2, 0.25) is 0 Å². The minimum Gasteiger partial charge on any atom is -0.468 e. The monoisotopic (exact) mass is 482 g/mol. The van der Waals surface area contributed by atoms with Crippen molar-refractivity contribution in [2.45, 2.75) is 57.4 Å². The van der Waals surface area contributed by atoms with Gasteiger partial charge < -0.3 is 24.8 Å². The van der Waals surface area contributed by atoms with Gasteiger partial charge in [-0.15, -0.1) is 0 Å². The Morgan fingerprint density at radius 3 is 2.38 bits per heavy atom. The second kappa shape index (κ2) is 10.8. The number of methoxy groups -OCH3 is 1. The summed E-state index contributed by atoms with van der Waals surface area (Å²) in [5.41, 5.74) is 5.17. The van der Waals surface area contributed by atoms with Crippen LogP contribution in [-0.2, 0) is 19.0 Å². The number of piperazine rings is 1. The number of nitrogens with zero attached hydrogens (tertiary/aromatic N) is 4. The lowest BCUT2D eigenvalue weighted by Crippen LogP contribution is -2.57. The summed E-state index contributed by atoms with van der Waals surface area (Å²) in [5.74, 6) is -0.361. The maximum atomic E-state index is 12.6. The number of cyclic esters (lactones) is 1. The number of carbonyl (C=O) groups excluding carboxylic acids is 3. The Balaban J connectivity index is 1.51. The van der Waals surface area contributed by atoms with E-state index in [-0.39, 0.29) is 36.6 Å². The molecule has 3 saturated heterocycles. The number of likely N-dealkylation sites (tertiary alicyclic amines) is 1. The molecule has 2 amide bonds. The summed E-state index contributed by atoms with van der Waals surface area (Å²) < 4.78 is 15.8. The van der Waals surface area contributed by atoms with Gasteiger partial charge >= 0.3 is 18.2 Å². The van der Waals surface area contributed by atoms with Crippen LogP contribution in [0.3, 0.4) is 0 Å². The van der Waals surface area contributed by atoms with E-state index < -0.39 is 17.7 Å². The summed E-state index contributed by atoms with van der Waals surface area (Å²) in [7, 11) is 1.39. The van der Waals surface area contributed by atoms with Gasteiger partial charge in [0.05, 0.1) is 26.2 Å². The first-order chi connectivity index (χ1) is 16.0. The number of amides is 2. The molecule has 3 aliphatic heterocycles. The van der Waals surface area contributed by atoms with E-state index in [1.54, 1.807) is 25.7 Å². The fourth-order valence-corrected chi connectivity index (χ4v) is 4.66. The molecule has 12 nitrogen and oxygen atoms in total. The van der Waals surface area contributed by atoms with E-state index in [4.69, 9.17) is 25.4 Å². The summed E-state index contributed by atoms with van der Waals surface area (Å²) in [6.45, 7) is 10.2. The zero-order valence-corrected chi connectivity index (χ0v) is 20.6. The molecule has 3 aliphatic rings. The third-order valence-corrected chi connectivity index (χ3v) is 6.41. The van der Waals surface area contributed by atoms with Crippen molar-refractivity contribution >= 4 is 24.0 Å². The van der Waals surface area contributed by atoms with Gasteiger partial charge in [0.25, 0.3) is 0 Å². The minimum atomic E-state index is -0.647. The number of hydrogen-bond acceptors (Lipinski definition) is 9. The number of hydrogen-bond donors (Lipinski definition) is 2. The van der Waals surface area contributed by atoms with E-state index in [1.165, 1.54) is 12.0 Å². The van der Waals surface area contributed by atoms with E-state index in [0.29, 0.717) is 32.5 Å². The molecule has 192 valence electrons. The van der Waals surface area contributed by atoms with E-state index in [1.807, 2.05) is 0 Å². The normalized spacial score (nSPS) is 26.8. The van der Waals surface area contributed by atoms with E-state index in [0.717, 1.165) is 26.2 Å². The van der Waals surface area contributed by atoms with Gasteiger partial charge in [0.15, 0.2) is 0 Å². The molecule has 0 radical (unpaired) electrons. The number of nitrogens with two attached hydrogens (primary N) is 1. The number of ether oxygens (including phenoxy) is 3. The van der Waals surface area contributed by atoms with Crippen LogP contribution >= 0.6 is 0 Å². The van der Waals surface area contributed by atoms with Crippen LogP contribution in [0.5, 0.6) is 0 Å². The summed E-state index contributed by atoms with van der Waals surface area (Å²) in [6.07, 6.45) is -0.175. The molecule has 0 spiro atoms. The maximum Gasteiger partial charge on any atom is 0.410 e. The molecule has 0 bridgehead atoms. The third kappa shape index (κ3) is 6.72. The molecule has 0 aromatic heterocycles. The van der Waals surface area contributed by atoms with Crippen LogP contribution in [0, 0.1) is 5.41 Å². The van der Waals surface area contributed by atoms with E-state index >= 15 is 0 Å². The first-order valence-corrected chi connectivity index (χ1v) is 11.8. The fourth-order valence-electron chi connectivity index (χ4n) is 4.66. The molecule has 12 heteroatoms. The summed E-state index contributed by atoms with van der Waals surface area (Å²) in [5, 5.41) is 7.99. The predicted octanol–water partition coefficient (Wildman–Crippen LogP) is 0.302. The highest BCUT2D eigenvalue weighted by atomic mass is 16.6. The SMILES string of the molecule is COC(=O)CN1CCN(CC2CN(C3CCN(C(=O)OC(C)(C)C)C(C(=N)N)C3)C(=O)O2)CC1. The van der Waals surface area contributed by atoms with Crippen molar-refractivity contribution in [2.24, 2.45) is 5.73 Å². The van der Waals surface area contributed by atoms with Gasteiger partial charge in [-0.1, -0.05) is 0 Å². The lowest BCUT2D eigenvalue weighted by molar-refractivity contribution is -0.142. The Morgan fingerprint density at radius 2 is 1.79 bits per heavy atom. The summed E-state index contributed by atoms with van der Waals surface area (Å²) in [4.78, 5) is 44.2. The van der Waals surface area contributed by atoms with Gasteiger partial charge in [-0.25, -0.2) is 9.59 Å². The number of carbonyl (C=O) groups is 3. The molecule has 0 saturated carbocycles. The second-order valence-corrected chi connectivity index (χ2v) is 10.1. The third-order valence-electron chi connectivity index (χ3n) is 6.41. The smallest absolute Gasteiger partial charge is 0.410 e. The van der Waals surface area contributed by atoms with E-state index in [9.17, 15) is 14.4 Å². The fraction of sp³-hybridized carbons (Fsp3) is 0.818. The lowest BCUT2D eigenvalue weighted by Gasteiger charge is -2.41. The molecular formula is C22H38N6O6. The Labute approximate surface area is 200 Å². The Morgan fingerprint density at radius 1 is 1.15 bits per heavy atom. The number of amidine groups is 1. The topological polar surface area (TPSA) is 142 Å². The van der Waals surface area contributed by atoms with Gasteiger partial charge in [-0.3, -0.25) is 24.9 Å². The highest BCUT2D eigenvalue weighted by Gasteiger charge is 2.43. The molecule has 0 aromatic rings. The molecule has 3 heterocycles. The van der Waals surface area contributed by atoms with Gasteiger partial charge in [-0.2, -0.15) is 0 Å². The molecule has 3 rings (SSSR count). The molecular weight excluding hydrogens is 444 g/mol.